The average Bonchev–Trinajstić information content (AvgIpc) is 3.59. The third-order valence-electron chi connectivity index (χ3n) is 6.35. The molecule has 0 amide bonds. The number of rotatable bonds is 9. The molecular weight excluding hydrogens is 452 g/mol. The predicted octanol–water partition coefficient (Wildman–Crippen LogP) is 3.13. The number of aromatic amines is 1. The number of aryl methyl sites for hydroxylation is 1. The van der Waals surface area contributed by atoms with Gasteiger partial charge in [-0.25, -0.2) is 14.5 Å². The fraction of sp³-hybridized carbons (Fsp3) is 0.478. The Morgan fingerprint density at radius 1 is 1.12 bits per heavy atom. The van der Waals surface area contributed by atoms with Crippen LogP contribution in [0.25, 0.3) is 11.2 Å². The van der Waals surface area contributed by atoms with Gasteiger partial charge in [0.1, 0.15) is 5.82 Å². The molecule has 10 nitrogen and oxygen atoms in total. The van der Waals surface area contributed by atoms with Crippen LogP contribution in [0.1, 0.15) is 62.9 Å². The number of unbranched alkanes of at least 4 members (excludes halogenated alkanes) is 1. The summed E-state index contributed by atoms with van der Waals surface area (Å²) in [5.41, 5.74) is 0.966. The highest BCUT2D eigenvalue weighted by Crippen LogP contribution is 2.32. The molecule has 3 heterocycles. The van der Waals surface area contributed by atoms with Crippen LogP contribution in [0.15, 0.2) is 45.1 Å². The molecule has 1 aliphatic carbocycles. The SMILES string of the molecule is CCCCn1c(CSc2nnnn2C2CCCC2)nc2c1c(=O)[nH]c(=O)n2Cc1ccccc1. The van der Waals surface area contributed by atoms with Gasteiger partial charge in [-0.3, -0.25) is 14.3 Å². The highest BCUT2D eigenvalue weighted by molar-refractivity contribution is 7.98. The molecule has 1 N–H and O–H groups in total. The van der Waals surface area contributed by atoms with E-state index < -0.39 is 11.2 Å². The number of hydrogen-bond donors (Lipinski definition) is 1. The van der Waals surface area contributed by atoms with Crippen LogP contribution in [0.3, 0.4) is 0 Å². The number of tetrazole rings is 1. The molecule has 1 saturated carbocycles. The molecule has 0 unspecified atom stereocenters. The predicted molar refractivity (Wildman–Crippen MR) is 130 cm³/mol. The summed E-state index contributed by atoms with van der Waals surface area (Å²) in [6.45, 7) is 3.10. The molecule has 0 saturated heterocycles. The van der Waals surface area contributed by atoms with E-state index in [9.17, 15) is 9.59 Å². The van der Waals surface area contributed by atoms with Gasteiger partial charge in [-0.05, 0) is 35.3 Å². The molecule has 0 radical (unpaired) electrons. The molecule has 0 atom stereocenters. The Balaban J connectivity index is 1.53. The molecule has 0 aliphatic heterocycles. The second-order valence-corrected chi connectivity index (χ2v) is 9.61. The van der Waals surface area contributed by atoms with Crippen LogP contribution in [0, 0.1) is 0 Å². The first kappa shape index (κ1) is 22.6. The maximum absolute atomic E-state index is 12.9. The van der Waals surface area contributed by atoms with Crippen molar-refractivity contribution in [1.82, 2.24) is 39.3 Å². The smallest absolute Gasteiger partial charge is 0.321 e. The Morgan fingerprint density at radius 3 is 2.68 bits per heavy atom. The molecule has 34 heavy (non-hydrogen) atoms. The topological polar surface area (TPSA) is 116 Å². The quantitative estimate of drug-likeness (QED) is 0.366. The zero-order chi connectivity index (χ0) is 23.5. The first-order valence-corrected chi connectivity index (χ1v) is 12.8. The van der Waals surface area contributed by atoms with E-state index in [4.69, 9.17) is 4.98 Å². The van der Waals surface area contributed by atoms with E-state index in [2.05, 4.69) is 27.4 Å². The number of nitrogens with one attached hydrogen (secondary N) is 1. The van der Waals surface area contributed by atoms with E-state index in [-0.39, 0.29) is 0 Å². The van der Waals surface area contributed by atoms with Crippen molar-refractivity contribution in [3.8, 4) is 0 Å². The first-order valence-electron chi connectivity index (χ1n) is 11.8. The summed E-state index contributed by atoms with van der Waals surface area (Å²) in [6.07, 6.45) is 6.46. The summed E-state index contributed by atoms with van der Waals surface area (Å²) < 4.78 is 5.43. The van der Waals surface area contributed by atoms with Crippen molar-refractivity contribution in [2.45, 2.75) is 75.5 Å². The molecule has 1 aliphatic rings. The van der Waals surface area contributed by atoms with Gasteiger partial charge in [-0.15, -0.1) is 5.10 Å². The Bertz CT molecular complexity index is 1380. The number of imidazole rings is 1. The van der Waals surface area contributed by atoms with Crippen molar-refractivity contribution in [2.75, 3.05) is 0 Å². The van der Waals surface area contributed by atoms with Crippen LogP contribution in [0.5, 0.6) is 0 Å². The summed E-state index contributed by atoms with van der Waals surface area (Å²) in [4.78, 5) is 33.0. The van der Waals surface area contributed by atoms with Crippen molar-refractivity contribution in [3.05, 3.63) is 62.6 Å². The minimum atomic E-state index is -0.453. The van der Waals surface area contributed by atoms with Crippen LogP contribution >= 0.6 is 11.8 Å². The number of aromatic nitrogens is 8. The van der Waals surface area contributed by atoms with Gasteiger partial charge in [0.05, 0.1) is 18.3 Å². The fourth-order valence-electron chi connectivity index (χ4n) is 4.59. The van der Waals surface area contributed by atoms with E-state index >= 15 is 0 Å². The van der Waals surface area contributed by atoms with E-state index in [0.717, 1.165) is 42.2 Å². The third-order valence-corrected chi connectivity index (χ3v) is 7.28. The first-order chi connectivity index (χ1) is 16.7. The van der Waals surface area contributed by atoms with Gasteiger partial charge in [0.2, 0.25) is 5.16 Å². The highest BCUT2D eigenvalue weighted by Gasteiger charge is 2.23. The highest BCUT2D eigenvalue weighted by atomic mass is 32.2. The molecule has 3 aromatic heterocycles. The number of benzene rings is 1. The van der Waals surface area contributed by atoms with Crippen LogP contribution in [0.4, 0.5) is 0 Å². The fourth-order valence-corrected chi connectivity index (χ4v) is 5.48. The number of thioether (sulfide) groups is 1. The second-order valence-electron chi connectivity index (χ2n) is 8.67. The van der Waals surface area contributed by atoms with Gasteiger partial charge in [-0.1, -0.05) is 68.3 Å². The van der Waals surface area contributed by atoms with Gasteiger partial charge in [0, 0.05) is 6.54 Å². The zero-order valence-electron chi connectivity index (χ0n) is 19.2. The molecule has 4 aromatic rings. The zero-order valence-corrected chi connectivity index (χ0v) is 20.0. The van der Waals surface area contributed by atoms with Gasteiger partial charge in [0.15, 0.2) is 11.2 Å². The van der Waals surface area contributed by atoms with Crippen LogP contribution < -0.4 is 11.2 Å². The lowest BCUT2D eigenvalue weighted by Gasteiger charge is -2.11. The number of fused-ring (bicyclic) bond motifs is 1. The lowest BCUT2D eigenvalue weighted by atomic mass is 10.2. The number of H-pyrrole nitrogens is 1. The molecular formula is C23H28N8O2S. The monoisotopic (exact) mass is 480 g/mol. The van der Waals surface area contributed by atoms with Crippen molar-refractivity contribution in [3.63, 3.8) is 0 Å². The molecule has 11 heteroatoms. The van der Waals surface area contributed by atoms with Crippen molar-refractivity contribution in [2.24, 2.45) is 0 Å². The van der Waals surface area contributed by atoms with Crippen LogP contribution in [0.2, 0.25) is 0 Å². The van der Waals surface area contributed by atoms with Gasteiger partial charge >= 0.3 is 5.69 Å². The van der Waals surface area contributed by atoms with Gasteiger partial charge < -0.3 is 4.57 Å². The lowest BCUT2D eigenvalue weighted by Crippen LogP contribution is -2.31. The van der Waals surface area contributed by atoms with Crippen molar-refractivity contribution in [1.29, 1.82) is 0 Å². The Morgan fingerprint density at radius 2 is 1.91 bits per heavy atom. The summed E-state index contributed by atoms with van der Waals surface area (Å²) in [5, 5.41) is 13.1. The van der Waals surface area contributed by atoms with E-state index in [1.165, 1.54) is 24.6 Å². The molecule has 1 aromatic carbocycles. The normalized spacial score (nSPS) is 14.4. The number of nitrogens with zero attached hydrogens (tertiary/aromatic N) is 7. The average molecular weight is 481 g/mol. The molecule has 5 rings (SSSR count). The van der Waals surface area contributed by atoms with Gasteiger partial charge in [-0.2, -0.15) is 0 Å². The van der Waals surface area contributed by atoms with E-state index in [1.807, 2.05) is 39.6 Å². The third kappa shape index (κ3) is 4.44. The van der Waals surface area contributed by atoms with Crippen molar-refractivity contribution < 1.29 is 0 Å². The molecule has 1 fully saturated rings. The van der Waals surface area contributed by atoms with Crippen molar-refractivity contribution >= 4 is 22.9 Å². The largest absolute Gasteiger partial charge is 0.330 e. The summed E-state index contributed by atoms with van der Waals surface area (Å²) in [7, 11) is 0. The Kier molecular flexibility index (Phi) is 6.61. The number of hydrogen-bond acceptors (Lipinski definition) is 7. The van der Waals surface area contributed by atoms with E-state index in [1.54, 1.807) is 4.57 Å². The Hall–Kier alpha value is -3.21. The maximum atomic E-state index is 12.9. The lowest BCUT2D eigenvalue weighted by molar-refractivity contribution is 0.423. The summed E-state index contributed by atoms with van der Waals surface area (Å²) >= 11 is 1.52. The van der Waals surface area contributed by atoms with Crippen LogP contribution in [-0.4, -0.2) is 39.3 Å². The minimum absolute atomic E-state index is 0.338. The molecule has 178 valence electrons. The second kappa shape index (κ2) is 9.96. The van der Waals surface area contributed by atoms with Crippen LogP contribution in [-0.2, 0) is 18.8 Å². The molecule has 0 bridgehead atoms. The van der Waals surface area contributed by atoms with E-state index in [0.29, 0.717) is 36.0 Å². The maximum Gasteiger partial charge on any atom is 0.330 e. The standard InChI is InChI=1S/C23H28N8O2S/c1-2-3-13-29-18(15-34-23-26-27-28-31(23)17-11-7-8-12-17)24-20-19(29)21(32)25-22(33)30(20)14-16-9-5-4-6-10-16/h4-6,9-10,17H,2-3,7-8,11-15H2,1H3,(H,25,32,33). The minimum Gasteiger partial charge on any atom is -0.321 e. The Labute approximate surface area is 200 Å². The van der Waals surface area contributed by atoms with Gasteiger partial charge in [0.25, 0.3) is 5.56 Å². The molecule has 0 spiro atoms. The summed E-state index contributed by atoms with van der Waals surface area (Å²) in [6, 6.07) is 10.0. The summed E-state index contributed by atoms with van der Waals surface area (Å²) in [5.74, 6) is 1.25.